The van der Waals surface area contributed by atoms with Crippen molar-refractivity contribution in [3.05, 3.63) is 18.1 Å². The molecule has 15 heavy (non-hydrogen) atoms. The van der Waals surface area contributed by atoms with Gasteiger partial charge in [0.15, 0.2) is 0 Å². The summed E-state index contributed by atoms with van der Waals surface area (Å²) in [5.74, 6) is -1.24. The molecule has 0 aromatic carbocycles. The van der Waals surface area contributed by atoms with E-state index in [2.05, 4.69) is 9.17 Å². The molecular weight excluding hydrogens is 225 g/mol. The predicted octanol–water partition coefficient (Wildman–Crippen LogP) is 0.958. The van der Waals surface area contributed by atoms with Gasteiger partial charge in [0.05, 0.1) is 19.1 Å². The quantitative estimate of drug-likeness (QED) is 0.727. The molecule has 1 heterocycles. The number of methoxy groups -OCH3 is 1. The second-order valence-electron chi connectivity index (χ2n) is 2.59. The first kappa shape index (κ1) is 11.7. The van der Waals surface area contributed by atoms with Crippen LogP contribution in [-0.2, 0) is 10.1 Å². The normalized spacial score (nSPS) is 11.1. The number of halogens is 1. The zero-order valence-corrected chi connectivity index (χ0v) is 9.04. The highest BCUT2D eigenvalue weighted by molar-refractivity contribution is 7.87. The molecule has 0 radical (unpaired) electrons. The molecule has 0 amide bonds. The van der Waals surface area contributed by atoms with Gasteiger partial charge in [0, 0.05) is 6.07 Å². The molecule has 0 saturated heterocycles. The van der Waals surface area contributed by atoms with E-state index in [1.54, 1.807) is 0 Å². The van der Waals surface area contributed by atoms with E-state index in [9.17, 15) is 12.8 Å². The fourth-order valence-corrected chi connectivity index (χ4v) is 1.33. The Morgan fingerprint density at radius 3 is 2.73 bits per heavy atom. The van der Waals surface area contributed by atoms with Crippen LogP contribution in [0.25, 0.3) is 0 Å². The van der Waals surface area contributed by atoms with Crippen molar-refractivity contribution in [2.24, 2.45) is 0 Å². The Hall–Kier alpha value is -1.37. The summed E-state index contributed by atoms with van der Waals surface area (Å²) in [4.78, 5) is 3.53. The summed E-state index contributed by atoms with van der Waals surface area (Å²) in [6, 6.07) is 0.902. The van der Waals surface area contributed by atoms with E-state index in [0.717, 1.165) is 12.3 Å². The van der Waals surface area contributed by atoms with Crippen LogP contribution in [0.15, 0.2) is 12.3 Å². The van der Waals surface area contributed by atoms with Gasteiger partial charge in [0.1, 0.15) is 5.82 Å². The van der Waals surface area contributed by atoms with Gasteiger partial charge in [-0.1, -0.05) is 0 Å². The van der Waals surface area contributed by atoms with E-state index in [4.69, 9.17) is 4.74 Å². The average molecular weight is 235 g/mol. The maximum absolute atomic E-state index is 12.8. The van der Waals surface area contributed by atoms with Crippen LogP contribution >= 0.6 is 0 Å². The van der Waals surface area contributed by atoms with Crippen molar-refractivity contribution in [3.63, 3.8) is 0 Å². The van der Waals surface area contributed by atoms with Crippen LogP contribution in [0.3, 0.4) is 0 Å². The molecule has 0 aliphatic carbocycles. The first-order chi connectivity index (χ1) is 6.98. The van der Waals surface area contributed by atoms with Gasteiger partial charge in [-0.15, -0.1) is 0 Å². The minimum absolute atomic E-state index is 0.0755. The summed E-state index contributed by atoms with van der Waals surface area (Å²) in [5.41, 5.74) is 0. The Morgan fingerprint density at radius 1 is 1.53 bits per heavy atom. The van der Waals surface area contributed by atoms with E-state index in [-0.39, 0.29) is 17.4 Å². The van der Waals surface area contributed by atoms with Crippen LogP contribution in [0.2, 0.25) is 0 Å². The van der Waals surface area contributed by atoms with Crippen molar-refractivity contribution in [1.82, 2.24) is 4.98 Å². The highest BCUT2D eigenvalue weighted by atomic mass is 32.2. The number of hydrogen-bond donors (Lipinski definition) is 0. The van der Waals surface area contributed by atoms with E-state index in [0.29, 0.717) is 0 Å². The third kappa shape index (κ3) is 3.05. The molecular formula is C8H10FNO4S. The summed E-state index contributed by atoms with van der Waals surface area (Å²) in [6.45, 7) is 1.41. The lowest BCUT2D eigenvalue weighted by Gasteiger charge is -2.07. The summed E-state index contributed by atoms with van der Waals surface area (Å²) in [5, 5.41) is 0. The highest BCUT2D eigenvalue weighted by Crippen LogP contribution is 2.25. The minimum atomic E-state index is -3.71. The molecule has 0 saturated carbocycles. The van der Waals surface area contributed by atoms with Crippen molar-refractivity contribution < 1.29 is 21.7 Å². The Kier molecular flexibility index (Phi) is 3.46. The molecule has 1 aromatic heterocycles. The van der Waals surface area contributed by atoms with Gasteiger partial charge in [-0.2, -0.15) is 8.42 Å². The van der Waals surface area contributed by atoms with E-state index < -0.39 is 15.9 Å². The van der Waals surface area contributed by atoms with Crippen LogP contribution in [-0.4, -0.2) is 26.3 Å². The van der Waals surface area contributed by atoms with E-state index >= 15 is 0 Å². The summed E-state index contributed by atoms with van der Waals surface area (Å²) in [7, 11) is -2.43. The molecule has 0 aliphatic heterocycles. The maximum atomic E-state index is 12.8. The second-order valence-corrected chi connectivity index (χ2v) is 4.45. The Bertz CT molecular complexity index is 446. The first-order valence-corrected chi connectivity index (χ1v) is 5.68. The molecule has 0 fully saturated rings. The lowest BCUT2D eigenvalue weighted by molar-refractivity contribution is 0.372. The standard InChI is InChI=1S/C8H10FNO4S/c1-3-15(11,12)14-7-4-6(9)5-10-8(7)13-2/h4-5H,3H2,1-2H3. The van der Waals surface area contributed by atoms with Crippen molar-refractivity contribution in [2.45, 2.75) is 6.92 Å². The zero-order chi connectivity index (χ0) is 11.5. The van der Waals surface area contributed by atoms with Crippen molar-refractivity contribution in [2.75, 3.05) is 12.9 Å². The number of aromatic nitrogens is 1. The Labute approximate surface area is 87.0 Å². The molecule has 0 aliphatic rings. The fourth-order valence-electron chi connectivity index (χ4n) is 0.817. The summed E-state index contributed by atoms with van der Waals surface area (Å²) in [6.07, 6.45) is 0.907. The van der Waals surface area contributed by atoms with Gasteiger partial charge in [0.2, 0.25) is 5.75 Å². The topological polar surface area (TPSA) is 65.5 Å². The number of ether oxygens (including phenoxy) is 1. The number of nitrogens with zero attached hydrogens (tertiary/aromatic N) is 1. The second kappa shape index (κ2) is 4.43. The fraction of sp³-hybridized carbons (Fsp3) is 0.375. The molecule has 0 bridgehead atoms. The van der Waals surface area contributed by atoms with Crippen LogP contribution in [0.4, 0.5) is 4.39 Å². The average Bonchev–Trinajstić information content (AvgIpc) is 2.18. The van der Waals surface area contributed by atoms with Crippen LogP contribution in [0, 0.1) is 5.82 Å². The van der Waals surface area contributed by atoms with Gasteiger partial charge in [-0.25, -0.2) is 9.37 Å². The predicted molar refractivity (Wildman–Crippen MR) is 50.8 cm³/mol. The highest BCUT2D eigenvalue weighted by Gasteiger charge is 2.15. The Balaban J connectivity index is 3.08. The van der Waals surface area contributed by atoms with Gasteiger partial charge in [-0.3, -0.25) is 0 Å². The molecule has 0 N–H and O–H groups in total. The van der Waals surface area contributed by atoms with Gasteiger partial charge >= 0.3 is 10.1 Å². The van der Waals surface area contributed by atoms with E-state index in [1.165, 1.54) is 14.0 Å². The monoisotopic (exact) mass is 235 g/mol. The van der Waals surface area contributed by atoms with Crippen molar-refractivity contribution in [3.8, 4) is 11.6 Å². The molecule has 0 spiro atoms. The molecule has 84 valence electrons. The van der Waals surface area contributed by atoms with Crippen LogP contribution < -0.4 is 8.92 Å². The number of rotatable bonds is 4. The third-order valence-corrected chi connectivity index (χ3v) is 2.69. The van der Waals surface area contributed by atoms with E-state index in [1.807, 2.05) is 0 Å². The molecule has 1 aromatic rings. The van der Waals surface area contributed by atoms with Gasteiger partial charge in [0.25, 0.3) is 5.88 Å². The Morgan fingerprint density at radius 2 is 2.20 bits per heavy atom. The maximum Gasteiger partial charge on any atom is 0.309 e. The lowest BCUT2D eigenvalue weighted by atomic mass is 10.4. The zero-order valence-electron chi connectivity index (χ0n) is 8.23. The first-order valence-electron chi connectivity index (χ1n) is 4.10. The molecule has 0 atom stereocenters. The van der Waals surface area contributed by atoms with Crippen molar-refractivity contribution in [1.29, 1.82) is 0 Å². The third-order valence-electron chi connectivity index (χ3n) is 1.55. The van der Waals surface area contributed by atoms with Crippen LogP contribution in [0.5, 0.6) is 11.6 Å². The molecule has 1 rings (SSSR count). The van der Waals surface area contributed by atoms with Gasteiger partial charge in [-0.05, 0) is 6.92 Å². The van der Waals surface area contributed by atoms with Crippen LogP contribution in [0.1, 0.15) is 6.92 Å². The van der Waals surface area contributed by atoms with Crippen molar-refractivity contribution >= 4 is 10.1 Å². The SMILES string of the molecule is CCS(=O)(=O)Oc1cc(F)cnc1OC. The summed E-state index contributed by atoms with van der Waals surface area (Å²) >= 11 is 0. The number of pyridine rings is 1. The lowest BCUT2D eigenvalue weighted by Crippen LogP contribution is -2.12. The summed E-state index contributed by atoms with van der Waals surface area (Å²) < 4.78 is 44.3. The molecule has 0 unspecified atom stereocenters. The number of hydrogen-bond acceptors (Lipinski definition) is 5. The molecule has 7 heteroatoms. The molecule has 5 nitrogen and oxygen atoms in total. The van der Waals surface area contributed by atoms with Gasteiger partial charge < -0.3 is 8.92 Å². The largest absolute Gasteiger partial charge is 0.478 e. The smallest absolute Gasteiger partial charge is 0.309 e. The minimum Gasteiger partial charge on any atom is -0.478 e.